The number of nitrogens with zero attached hydrogens (tertiary/aromatic N) is 3. The quantitative estimate of drug-likeness (QED) is 0.705. The van der Waals surface area contributed by atoms with Crippen molar-refractivity contribution >= 4 is 29.1 Å². The van der Waals surface area contributed by atoms with Crippen LogP contribution in [0, 0.1) is 5.92 Å². The van der Waals surface area contributed by atoms with Gasteiger partial charge in [-0.3, -0.25) is 9.59 Å². The summed E-state index contributed by atoms with van der Waals surface area (Å²) in [5.74, 6) is 0.633. The molecule has 1 heterocycles. The number of hydrazone groups is 1. The van der Waals surface area contributed by atoms with Gasteiger partial charge in [0.05, 0.1) is 18.9 Å². The molecule has 0 bridgehead atoms. The van der Waals surface area contributed by atoms with Gasteiger partial charge in [0.25, 0.3) is 5.91 Å². The van der Waals surface area contributed by atoms with Gasteiger partial charge in [0.1, 0.15) is 12.3 Å². The lowest BCUT2D eigenvalue weighted by Crippen LogP contribution is -2.39. The summed E-state index contributed by atoms with van der Waals surface area (Å²) in [6.07, 6.45) is 2.39. The van der Waals surface area contributed by atoms with Gasteiger partial charge in [-0.15, -0.1) is 0 Å². The molecule has 4 rings (SSSR count). The van der Waals surface area contributed by atoms with Gasteiger partial charge in [0.2, 0.25) is 5.91 Å². The number of ether oxygens (including phenoxy) is 1. The standard InChI is InChI=1S/C23H24ClN3O3/c1-26(23(29)16-6-7-16)14-22(28)27-21(15-8-10-18(24)11-9-15)13-20(25-27)17-4-3-5-19(12-17)30-2/h3-5,8-12,16,21H,6-7,13-14H2,1-2H3/t21-/m0/s1. The number of carbonyl (C=O) groups is 2. The van der Waals surface area contributed by atoms with Crippen molar-refractivity contribution in [1.29, 1.82) is 0 Å². The Bertz CT molecular complexity index is 985. The number of amides is 2. The monoisotopic (exact) mass is 425 g/mol. The second-order valence-electron chi connectivity index (χ2n) is 7.76. The summed E-state index contributed by atoms with van der Waals surface area (Å²) in [5.41, 5.74) is 2.66. The summed E-state index contributed by atoms with van der Waals surface area (Å²) in [7, 11) is 3.30. The largest absolute Gasteiger partial charge is 0.497 e. The second kappa shape index (κ2) is 8.48. The van der Waals surface area contributed by atoms with Gasteiger partial charge in [-0.1, -0.05) is 35.9 Å². The molecule has 156 valence electrons. The average Bonchev–Trinajstić information content (AvgIpc) is 3.51. The van der Waals surface area contributed by atoms with Crippen LogP contribution in [0.3, 0.4) is 0 Å². The highest BCUT2D eigenvalue weighted by atomic mass is 35.5. The van der Waals surface area contributed by atoms with E-state index in [1.54, 1.807) is 14.2 Å². The number of hydrogen-bond acceptors (Lipinski definition) is 4. The molecule has 0 radical (unpaired) electrons. The third kappa shape index (κ3) is 4.33. The van der Waals surface area contributed by atoms with Gasteiger partial charge in [0.15, 0.2) is 0 Å². The maximum absolute atomic E-state index is 13.1. The Morgan fingerprint density at radius 1 is 1.20 bits per heavy atom. The number of rotatable bonds is 6. The summed E-state index contributed by atoms with van der Waals surface area (Å²) in [6, 6.07) is 14.8. The molecule has 7 heteroatoms. The third-order valence-corrected chi connectivity index (χ3v) is 5.75. The van der Waals surface area contributed by atoms with E-state index in [0.29, 0.717) is 11.4 Å². The number of methoxy groups -OCH3 is 1. The predicted octanol–water partition coefficient (Wildman–Crippen LogP) is 3.89. The second-order valence-corrected chi connectivity index (χ2v) is 8.19. The number of likely N-dealkylation sites (N-methyl/N-ethyl adjacent to an activating group) is 1. The first-order valence-electron chi connectivity index (χ1n) is 10.0. The molecule has 1 saturated carbocycles. The third-order valence-electron chi connectivity index (χ3n) is 5.50. The Morgan fingerprint density at radius 2 is 1.93 bits per heavy atom. The molecular weight excluding hydrogens is 402 g/mol. The van der Waals surface area contributed by atoms with Crippen LogP contribution < -0.4 is 4.74 Å². The van der Waals surface area contributed by atoms with Crippen LogP contribution in [-0.2, 0) is 9.59 Å². The molecule has 1 atom stereocenters. The predicted molar refractivity (Wildman–Crippen MR) is 116 cm³/mol. The minimum absolute atomic E-state index is 0.00825. The summed E-state index contributed by atoms with van der Waals surface area (Å²) >= 11 is 6.05. The van der Waals surface area contributed by atoms with E-state index < -0.39 is 0 Å². The molecule has 1 aliphatic carbocycles. The highest BCUT2D eigenvalue weighted by Crippen LogP contribution is 2.34. The van der Waals surface area contributed by atoms with E-state index in [9.17, 15) is 9.59 Å². The molecule has 1 fully saturated rings. The zero-order valence-electron chi connectivity index (χ0n) is 17.0. The zero-order chi connectivity index (χ0) is 21.3. The number of carbonyl (C=O) groups excluding carboxylic acids is 2. The van der Waals surface area contributed by atoms with Gasteiger partial charge < -0.3 is 9.64 Å². The fourth-order valence-corrected chi connectivity index (χ4v) is 3.78. The van der Waals surface area contributed by atoms with Crippen molar-refractivity contribution in [2.24, 2.45) is 11.0 Å². The lowest BCUT2D eigenvalue weighted by molar-refractivity contribution is -0.141. The highest BCUT2D eigenvalue weighted by Gasteiger charge is 2.36. The molecule has 0 saturated heterocycles. The van der Waals surface area contributed by atoms with Crippen LogP contribution in [0.1, 0.15) is 36.4 Å². The first-order chi connectivity index (χ1) is 14.5. The summed E-state index contributed by atoms with van der Waals surface area (Å²) in [4.78, 5) is 26.9. The van der Waals surface area contributed by atoms with Crippen molar-refractivity contribution < 1.29 is 14.3 Å². The molecule has 0 aromatic heterocycles. The lowest BCUT2D eigenvalue weighted by Gasteiger charge is -2.25. The Hall–Kier alpha value is -2.86. The van der Waals surface area contributed by atoms with E-state index in [2.05, 4.69) is 5.10 Å². The Balaban J connectivity index is 1.60. The lowest BCUT2D eigenvalue weighted by atomic mass is 9.98. The van der Waals surface area contributed by atoms with Crippen molar-refractivity contribution in [3.05, 3.63) is 64.7 Å². The Morgan fingerprint density at radius 3 is 2.60 bits per heavy atom. The van der Waals surface area contributed by atoms with Crippen LogP contribution >= 0.6 is 11.6 Å². The Labute approximate surface area is 181 Å². The molecule has 2 aliphatic rings. The number of halogens is 1. The van der Waals surface area contributed by atoms with Crippen LogP contribution in [0.4, 0.5) is 0 Å². The van der Waals surface area contributed by atoms with E-state index in [1.807, 2.05) is 48.5 Å². The maximum Gasteiger partial charge on any atom is 0.262 e. The minimum atomic E-state index is -0.250. The van der Waals surface area contributed by atoms with Crippen molar-refractivity contribution in [1.82, 2.24) is 9.91 Å². The van der Waals surface area contributed by atoms with Crippen molar-refractivity contribution in [3.63, 3.8) is 0 Å². The van der Waals surface area contributed by atoms with E-state index in [4.69, 9.17) is 16.3 Å². The molecule has 2 amide bonds. The average molecular weight is 426 g/mol. The SMILES string of the molecule is COc1cccc(C2=NN(C(=O)CN(C)C(=O)C3CC3)[C@H](c3ccc(Cl)cc3)C2)c1. The number of hydrogen-bond donors (Lipinski definition) is 0. The van der Waals surface area contributed by atoms with E-state index in [-0.39, 0.29) is 30.3 Å². The molecule has 0 unspecified atom stereocenters. The molecule has 2 aromatic carbocycles. The van der Waals surface area contributed by atoms with Crippen LogP contribution in [0.2, 0.25) is 5.02 Å². The topological polar surface area (TPSA) is 62.2 Å². The molecule has 2 aromatic rings. The van der Waals surface area contributed by atoms with Crippen LogP contribution in [0.15, 0.2) is 53.6 Å². The summed E-state index contributed by atoms with van der Waals surface area (Å²) in [5, 5.41) is 6.81. The van der Waals surface area contributed by atoms with Gasteiger partial charge in [0, 0.05) is 30.0 Å². The fourth-order valence-electron chi connectivity index (χ4n) is 3.66. The van der Waals surface area contributed by atoms with Crippen LogP contribution in [0.5, 0.6) is 5.75 Å². The molecule has 0 N–H and O–H groups in total. The molecular formula is C23H24ClN3O3. The first kappa shape index (κ1) is 20.4. The first-order valence-corrected chi connectivity index (χ1v) is 10.4. The van der Waals surface area contributed by atoms with Gasteiger partial charge in [-0.05, 0) is 42.7 Å². The normalized spacial score (nSPS) is 18.2. The summed E-state index contributed by atoms with van der Waals surface area (Å²) in [6.45, 7) is 0.00825. The fraction of sp³-hybridized carbons (Fsp3) is 0.348. The molecule has 30 heavy (non-hydrogen) atoms. The van der Waals surface area contributed by atoms with E-state index in [1.165, 1.54) is 9.91 Å². The van der Waals surface area contributed by atoms with Crippen LogP contribution in [-0.4, -0.2) is 48.1 Å². The van der Waals surface area contributed by atoms with Crippen molar-refractivity contribution in [2.45, 2.75) is 25.3 Å². The van der Waals surface area contributed by atoms with Crippen molar-refractivity contribution in [2.75, 3.05) is 20.7 Å². The Kier molecular flexibility index (Phi) is 5.77. The van der Waals surface area contributed by atoms with Crippen LogP contribution in [0.25, 0.3) is 0 Å². The zero-order valence-corrected chi connectivity index (χ0v) is 17.8. The molecule has 6 nitrogen and oxygen atoms in total. The maximum atomic E-state index is 13.1. The highest BCUT2D eigenvalue weighted by molar-refractivity contribution is 6.30. The smallest absolute Gasteiger partial charge is 0.262 e. The van der Waals surface area contributed by atoms with E-state index >= 15 is 0 Å². The van der Waals surface area contributed by atoms with Gasteiger partial charge in [-0.2, -0.15) is 5.10 Å². The molecule has 0 spiro atoms. The molecule has 1 aliphatic heterocycles. The van der Waals surface area contributed by atoms with Gasteiger partial charge in [-0.25, -0.2) is 5.01 Å². The number of benzene rings is 2. The van der Waals surface area contributed by atoms with Crippen molar-refractivity contribution in [3.8, 4) is 5.75 Å². The summed E-state index contributed by atoms with van der Waals surface area (Å²) < 4.78 is 5.33. The van der Waals surface area contributed by atoms with E-state index in [0.717, 1.165) is 35.4 Å². The minimum Gasteiger partial charge on any atom is -0.497 e. The van der Waals surface area contributed by atoms with Gasteiger partial charge >= 0.3 is 0 Å².